The molecule has 1 nitrogen and oxygen atoms in total. The summed E-state index contributed by atoms with van der Waals surface area (Å²) in [6.07, 6.45) is -0.372. The lowest BCUT2D eigenvalue weighted by Crippen LogP contribution is -2.22. The van der Waals surface area contributed by atoms with E-state index < -0.39 is 6.17 Å². The zero-order valence-electron chi connectivity index (χ0n) is 8.43. The normalized spacial score (nSPS) is 15.1. The lowest BCUT2D eigenvalue weighted by molar-refractivity contribution is 0.295. The molecule has 0 aliphatic carbocycles. The van der Waals surface area contributed by atoms with E-state index in [2.05, 4.69) is 21.2 Å². The number of rotatable bonds is 4. The van der Waals surface area contributed by atoms with Gasteiger partial charge in [-0.2, -0.15) is 0 Å². The monoisotopic (exact) mass is 259 g/mol. The molecule has 0 saturated carbocycles. The summed E-state index contributed by atoms with van der Waals surface area (Å²) in [4.78, 5) is 0. The second-order valence-corrected chi connectivity index (χ2v) is 4.36. The molecule has 1 aromatic rings. The van der Waals surface area contributed by atoms with E-state index in [1.807, 2.05) is 38.2 Å². The van der Waals surface area contributed by atoms with Gasteiger partial charge in [0.2, 0.25) is 0 Å². The van der Waals surface area contributed by atoms with Crippen molar-refractivity contribution in [3.63, 3.8) is 0 Å². The Bertz CT molecular complexity index is 273. The lowest BCUT2D eigenvalue weighted by atomic mass is 10.0. The van der Waals surface area contributed by atoms with Crippen LogP contribution in [0, 0.1) is 0 Å². The van der Waals surface area contributed by atoms with E-state index in [1.165, 1.54) is 0 Å². The Morgan fingerprint density at radius 2 is 1.93 bits per heavy atom. The predicted octanol–water partition coefficient (Wildman–Crippen LogP) is 3.46. The van der Waals surface area contributed by atoms with Gasteiger partial charge in [0.15, 0.2) is 0 Å². The van der Waals surface area contributed by atoms with Crippen LogP contribution in [0.2, 0.25) is 0 Å². The molecule has 2 unspecified atom stereocenters. The summed E-state index contributed by atoms with van der Waals surface area (Å²) in [6.45, 7) is 1.98. The average molecular weight is 260 g/mol. The zero-order valence-corrected chi connectivity index (χ0v) is 10.0. The average Bonchev–Trinajstić information content (AvgIpc) is 2.18. The summed E-state index contributed by atoms with van der Waals surface area (Å²) in [5.41, 5.74) is 0.746. The third kappa shape index (κ3) is 3.39. The van der Waals surface area contributed by atoms with E-state index >= 15 is 0 Å². The highest BCUT2D eigenvalue weighted by atomic mass is 79.9. The van der Waals surface area contributed by atoms with Crippen LogP contribution in [0.3, 0.4) is 0 Å². The van der Waals surface area contributed by atoms with E-state index in [0.29, 0.717) is 6.42 Å². The molecule has 0 aromatic heterocycles. The summed E-state index contributed by atoms with van der Waals surface area (Å²) in [6, 6.07) is 7.57. The predicted molar refractivity (Wildman–Crippen MR) is 61.1 cm³/mol. The number of hydrogen-bond acceptors (Lipinski definition) is 1. The fourth-order valence-corrected chi connectivity index (χ4v) is 1.50. The third-order valence-electron chi connectivity index (χ3n) is 2.28. The Balaban J connectivity index is 2.60. The molecule has 0 aliphatic rings. The van der Waals surface area contributed by atoms with Gasteiger partial charge in [0, 0.05) is 10.5 Å². The van der Waals surface area contributed by atoms with Gasteiger partial charge in [0.1, 0.15) is 6.17 Å². The minimum absolute atomic E-state index is 0.202. The summed E-state index contributed by atoms with van der Waals surface area (Å²) < 4.78 is 14.6. The van der Waals surface area contributed by atoms with Crippen molar-refractivity contribution in [1.29, 1.82) is 0 Å². The van der Waals surface area contributed by atoms with E-state index in [1.54, 1.807) is 0 Å². The maximum absolute atomic E-state index is 13.6. The first kappa shape index (κ1) is 11.7. The second kappa shape index (κ2) is 5.47. The van der Waals surface area contributed by atoms with Crippen LogP contribution in [0.15, 0.2) is 28.7 Å². The van der Waals surface area contributed by atoms with Crippen molar-refractivity contribution in [1.82, 2.24) is 5.32 Å². The van der Waals surface area contributed by atoms with E-state index in [0.717, 1.165) is 10.0 Å². The van der Waals surface area contributed by atoms with Gasteiger partial charge in [-0.3, -0.25) is 0 Å². The minimum Gasteiger partial charge on any atom is -0.317 e. The first-order valence-corrected chi connectivity index (χ1v) is 5.49. The molecule has 0 spiro atoms. The molecule has 78 valence electrons. The van der Waals surface area contributed by atoms with Crippen molar-refractivity contribution in [2.75, 3.05) is 7.05 Å². The molecule has 1 N–H and O–H groups in total. The smallest absolute Gasteiger partial charge is 0.127 e. The number of benzene rings is 1. The molecular formula is C11H15BrFN. The van der Waals surface area contributed by atoms with Gasteiger partial charge in [-0.15, -0.1) is 0 Å². The van der Waals surface area contributed by atoms with E-state index in [-0.39, 0.29) is 6.04 Å². The molecule has 0 saturated heterocycles. The Labute approximate surface area is 92.8 Å². The van der Waals surface area contributed by atoms with Gasteiger partial charge in [-0.1, -0.05) is 28.1 Å². The molecule has 0 heterocycles. The first-order chi connectivity index (χ1) is 6.63. The van der Waals surface area contributed by atoms with Gasteiger partial charge < -0.3 is 5.32 Å². The summed E-state index contributed by atoms with van der Waals surface area (Å²) in [5.74, 6) is 0. The Kier molecular flexibility index (Phi) is 4.55. The van der Waals surface area contributed by atoms with Crippen LogP contribution in [0.5, 0.6) is 0 Å². The molecule has 1 aromatic carbocycles. The zero-order chi connectivity index (χ0) is 10.6. The van der Waals surface area contributed by atoms with Gasteiger partial charge in [-0.25, -0.2) is 4.39 Å². The highest BCUT2D eigenvalue weighted by molar-refractivity contribution is 9.10. The van der Waals surface area contributed by atoms with Gasteiger partial charge in [0.05, 0.1) is 0 Å². The van der Waals surface area contributed by atoms with Crippen LogP contribution in [-0.2, 0) is 0 Å². The molecule has 0 bridgehead atoms. The van der Waals surface area contributed by atoms with E-state index in [9.17, 15) is 4.39 Å². The summed E-state index contributed by atoms with van der Waals surface area (Å²) >= 11 is 3.32. The highest BCUT2D eigenvalue weighted by Gasteiger charge is 2.12. The van der Waals surface area contributed by atoms with Crippen LogP contribution < -0.4 is 5.32 Å². The van der Waals surface area contributed by atoms with Crippen molar-refractivity contribution >= 4 is 15.9 Å². The largest absolute Gasteiger partial charge is 0.317 e. The Morgan fingerprint density at radius 1 is 1.36 bits per heavy atom. The molecule has 2 atom stereocenters. The van der Waals surface area contributed by atoms with Crippen LogP contribution in [-0.4, -0.2) is 13.1 Å². The molecule has 14 heavy (non-hydrogen) atoms. The van der Waals surface area contributed by atoms with Gasteiger partial charge >= 0.3 is 0 Å². The van der Waals surface area contributed by atoms with Gasteiger partial charge in [-0.05, 0) is 38.1 Å². The Morgan fingerprint density at radius 3 is 2.43 bits per heavy atom. The molecule has 0 amide bonds. The third-order valence-corrected chi connectivity index (χ3v) is 2.81. The molecule has 0 fully saturated rings. The SMILES string of the molecule is CNC(C)CC(F)c1ccc(Br)cc1. The summed E-state index contributed by atoms with van der Waals surface area (Å²) in [5, 5.41) is 3.03. The Hall–Kier alpha value is -0.410. The van der Waals surface area contributed by atoms with Crippen molar-refractivity contribution in [3.05, 3.63) is 34.3 Å². The molecule has 1 rings (SSSR count). The van der Waals surface area contributed by atoms with Crippen molar-refractivity contribution in [2.45, 2.75) is 25.6 Å². The molecule has 0 radical (unpaired) electrons. The molecule has 3 heteroatoms. The quantitative estimate of drug-likeness (QED) is 0.874. The van der Waals surface area contributed by atoms with Crippen LogP contribution >= 0.6 is 15.9 Å². The van der Waals surface area contributed by atoms with Crippen LogP contribution in [0.1, 0.15) is 25.1 Å². The number of alkyl halides is 1. The topological polar surface area (TPSA) is 12.0 Å². The number of hydrogen-bond donors (Lipinski definition) is 1. The standard InChI is InChI=1S/C11H15BrFN/c1-8(14-2)7-11(13)9-3-5-10(12)6-4-9/h3-6,8,11,14H,7H2,1-2H3. The van der Waals surface area contributed by atoms with Crippen LogP contribution in [0.25, 0.3) is 0 Å². The molecular weight excluding hydrogens is 245 g/mol. The fraction of sp³-hybridized carbons (Fsp3) is 0.455. The van der Waals surface area contributed by atoms with Gasteiger partial charge in [0.25, 0.3) is 0 Å². The summed E-state index contributed by atoms with van der Waals surface area (Å²) in [7, 11) is 1.85. The number of halogens is 2. The van der Waals surface area contributed by atoms with Crippen molar-refractivity contribution in [2.24, 2.45) is 0 Å². The number of nitrogens with one attached hydrogen (secondary N) is 1. The minimum atomic E-state index is -0.884. The maximum atomic E-state index is 13.6. The maximum Gasteiger partial charge on any atom is 0.127 e. The molecule has 0 aliphatic heterocycles. The van der Waals surface area contributed by atoms with E-state index in [4.69, 9.17) is 0 Å². The highest BCUT2D eigenvalue weighted by Crippen LogP contribution is 2.24. The second-order valence-electron chi connectivity index (χ2n) is 3.44. The lowest BCUT2D eigenvalue weighted by Gasteiger charge is -2.14. The fourth-order valence-electron chi connectivity index (χ4n) is 1.24. The first-order valence-electron chi connectivity index (χ1n) is 4.70. The van der Waals surface area contributed by atoms with Crippen molar-refractivity contribution in [3.8, 4) is 0 Å². The van der Waals surface area contributed by atoms with Crippen molar-refractivity contribution < 1.29 is 4.39 Å². The van der Waals surface area contributed by atoms with Crippen LogP contribution in [0.4, 0.5) is 4.39 Å².